The molecule has 0 fully saturated rings. The fraction of sp³-hybridized carbons (Fsp3) is 0.182. The summed E-state index contributed by atoms with van der Waals surface area (Å²) in [5, 5.41) is 0.590. The summed E-state index contributed by atoms with van der Waals surface area (Å²) in [5.41, 5.74) is 7.86. The van der Waals surface area contributed by atoms with Crippen LogP contribution < -0.4 is 10.5 Å². The molecule has 0 saturated carbocycles. The Morgan fingerprint density at radius 3 is 2.80 bits per heavy atom. The van der Waals surface area contributed by atoms with Crippen molar-refractivity contribution in [3.63, 3.8) is 0 Å². The molecule has 2 aromatic rings. The normalized spacial score (nSPS) is 10.3. The molecular weight excluding hydrogens is 208 g/mol. The molecule has 0 atom stereocenters. The number of benzene rings is 1. The molecule has 1 aromatic carbocycles. The maximum Gasteiger partial charge on any atom is 0.180 e. The van der Waals surface area contributed by atoms with Gasteiger partial charge < -0.3 is 10.5 Å². The van der Waals surface area contributed by atoms with Crippen LogP contribution in [0.15, 0.2) is 24.4 Å². The minimum atomic E-state index is 0.590. The minimum absolute atomic E-state index is 0.590. The second-order valence-corrected chi connectivity index (χ2v) is 4.26. The van der Waals surface area contributed by atoms with Crippen LogP contribution in [0.4, 0.5) is 5.13 Å². The van der Waals surface area contributed by atoms with Crippen molar-refractivity contribution in [1.82, 2.24) is 4.98 Å². The molecule has 1 aromatic heterocycles. The van der Waals surface area contributed by atoms with Gasteiger partial charge in [0.2, 0.25) is 0 Å². The molecule has 4 heteroatoms. The Morgan fingerprint density at radius 2 is 2.20 bits per heavy atom. The maximum absolute atomic E-state index is 5.61. The maximum atomic E-state index is 5.61. The largest absolute Gasteiger partial charge is 0.496 e. The monoisotopic (exact) mass is 220 g/mol. The summed E-state index contributed by atoms with van der Waals surface area (Å²) in [6.45, 7) is 2.03. The number of anilines is 1. The van der Waals surface area contributed by atoms with Crippen LogP contribution in [0.5, 0.6) is 5.75 Å². The van der Waals surface area contributed by atoms with E-state index >= 15 is 0 Å². The predicted molar refractivity (Wildman–Crippen MR) is 63.3 cm³/mol. The van der Waals surface area contributed by atoms with E-state index in [-0.39, 0.29) is 0 Å². The van der Waals surface area contributed by atoms with Crippen molar-refractivity contribution >= 4 is 16.5 Å². The van der Waals surface area contributed by atoms with Gasteiger partial charge in [0.05, 0.1) is 12.0 Å². The molecule has 0 aliphatic carbocycles. The van der Waals surface area contributed by atoms with Gasteiger partial charge in [-0.2, -0.15) is 0 Å². The zero-order valence-electron chi connectivity index (χ0n) is 8.65. The highest BCUT2D eigenvalue weighted by atomic mass is 32.1. The average molecular weight is 220 g/mol. The molecule has 0 unspecified atom stereocenters. The van der Waals surface area contributed by atoms with Gasteiger partial charge in [0.15, 0.2) is 5.13 Å². The summed E-state index contributed by atoms with van der Waals surface area (Å²) in [5.74, 6) is 0.888. The summed E-state index contributed by atoms with van der Waals surface area (Å²) < 4.78 is 5.27. The molecule has 1 heterocycles. The first-order valence-corrected chi connectivity index (χ1v) is 5.39. The lowest BCUT2D eigenvalue weighted by molar-refractivity contribution is 0.412. The van der Waals surface area contributed by atoms with E-state index in [1.165, 1.54) is 11.3 Å². The molecule has 0 spiro atoms. The quantitative estimate of drug-likeness (QED) is 0.846. The van der Waals surface area contributed by atoms with E-state index in [9.17, 15) is 0 Å². The minimum Gasteiger partial charge on any atom is -0.496 e. The Balaban J connectivity index is 2.53. The number of nitrogens with zero attached hydrogens (tertiary/aromatic N) is 1. The Kier molecular flexibility index (Phi) is 2.60. The molecule has 0 bridgehead atoms. The predicted octanol–water partition coefficient (Wildman–Crippen LogP) is 2.71. The fourth-order valence-electron chi connectivity index (χ4n) is 1.51. The molecule has 2 N–H and O–H groups in total. The molecule has 0 aliphatic rings. The second-order valence-electron chi connectivity index (χ2n) is 3.20. The van der Waals surface area contributed by atoms with Gasteiger partial charge in [-0.15, -0.1) is 0 Å². The molecule has 0 saturated heterocycles. The van der Waals surface area contributed by atoms with Crippen molar-refractivity contribution in [2.45, 2.75) is 6.92 Å². The van der Waals surface area contributed by atoms with Crippen molar-refractivity contribution in [3.8, 4) is 16.2 Å². The van der Waals surface area contributed by atoms with Gasteiger partial charge in [-0.25, -0.2) is 4.98 Å². The van der Waals surface area contributed by atoms with Crippen molar-refractivity contribution in [3.05, 3.63) is 30.0 Å². The van der Waals surface area contributed by atoms with Gasteiger partial charge in [-0.05, 0) is 24.1 Å². The molecule has 0 aliphatic heterocycles. The highest BCUT2D eigenvalue weighted by molar-refractivity contribution is 7.18. The Bertz CT molecular complexity index is 479. The van der Waals surface area contributed by atoms with E-state index in [1.807, 2.05) is 25.1 Å². The summed E-state index contributed by atoms with van der Waals surface area (Å²) in [6.07, 6.45) is 1.79. The van der Waals surface area contributed by atoms with Gasteiger partial charge in [0, 0.05) is 6.20 Å². The lowest BCUT2D eigenvalue weighted by Crippen LogP contribution is -1.88. The Hall–Kier alpha value is -1.55. The number of thiazole rings is 1. The zero-order valence-corrected chi connectivity index (χ0v) is 9.47. The van der Waals surface area contributed by atoms with Gasteiger partial charge >= 0.3 is 0 Å². The first-order chi connectivity index (χ1) is 7.22. The molecular formula is C11H12N2OS. The van der Waals surface area contributed by atoms with Crippen molar-refractivity contribution in [1.29, 1.82) is 0 Å². The number of methoxy groups -OCH3 is 1. The molecule has 15 heavy (non-hydrogen) atoms. The van der Waals surface area contributed by atoms with Crippen LogP contribution in [0.1, 0.15) is 5.56 Å². The number of rotatable bonds is 2. The fourth-order valence-corrected chi connectivity index (χ4v) is 2.28. The molecule has 78 valence electrons. The van der Waals surface area contributed by atoms with Crippen LogP contribution in [0.3, 0.4) is 0 Å². The standard InChI is InChI=1S/C11H12N2OS/c1-7-8(4-3-5-9(7)14-2)10-6-13-11(12)15-10/h3-6H,1-2H3,(H2,12,13). The van der Waals surface area contributed by atoms with E-state index in [4.69, 9.17) is 10.5 Å². The topological polar surface area (TPSA) is 48.1 Å². The average Bonchev–Trinajstić information content (AvgIpc) is 2.65. The van der Waals surface area contributed by atoms with Crippen LogP contribution >= 0.6 is 11.3 Å². The van der Waals surface area contributed by atoms with E-state index in [1.54, 1.807) is 13.3 Å². The molecule has 2 rings (SSSR count). The zero-order chi connectivity index (χ0) is 10.8. The number of hydrogen-bond acceptors (Lipinski definition) is 4. The van der Waals surface area contributed by atoms with Crippen LogP contribution in [-0.2, 0) is 0 Å². The summed E-state index contributed by atoms with van der Waals surface area (Å²) in [4.78, 5) is 5.12. The number of nitrogen functional groups attached to an aromatic ring is 1. The van der Waals surface area contributed by atoms with Crippen LogP contribution in [-0.4, -0.2) is 12.1 Å². The van der Waals surface area contributed by atoms with Crippen molar-refractivity contribution < 1.29 is 4.74 Å². The highest BCUT2D eigenvalue weighted by Crippen LogP contribution is 2.33. The first kappa shape index (κ1) is 9.98. The van der Waals surface area contributed by atoms with E-state index < -0.39 is 0 Å². The van der Waals surface area contributed by atoms with Crippen molar-refractivity contribution in [2.24, 2.45) is 0 Å². The highest BCUT2D eigenvalue weighted by Gasteiger charge is 2.08. The van der Waals surface area contributed by atoms with Crippen LogP contribution in [0, 0.1) is 6.92 Å². The molecule has 3 nitrogen and oxygen atoms in total. The third kappa shape index (κ3) is 1.80. The van der Waals surface area contributed by atoms with E-state index in [0.29, 0.717) is 5.13 Å². The van der Waals surface area contributed by atoms with Gasteiger partial charge in [0.1, 0.15) is 5.75 Å². The molecule has 0 amide bonds. The van der Waals surface area contributed by atoms with Gasteiger partial charge in [-0.1, -0.05) is 23.5 Å². The van der Waals surface area contributed by atoms with Gasteiger partial charge in [0.25, 0.3) is 0 Å². The molecule has 0 radical (unpaired) electrons. The lowest BCUT2D eigenvalue weighted by Gasteiger charge is -2.07. The Labute approximate surface area is 92.5 Å². The van der Waals surface area contributed by atoms with Crippen LogP contribution in [0.2, 0.25) is 0 Å². The van der Waals surface area contributed by atoms with E-state index in [2.05, 4.69) is 4.98 Å². The smallest absolute Gasteiger partial charge is 0.180 e. The number of ether oxygens (including phenoxy) is 1. The summed E-state index contributed by atoms with van der Waals surface area (Å²) in [6, 6.07) is 5.96. The van der Waals surface area contributed by atoms with Crippen LogP contribution in [0.25, 0.3) is 10.4 Å². The summed E-state index contributed by atoms with van der Waals surface area (Å²) in [7, 11) is 1.67. The lowest BCUT2D eigenvalue weighted by atomic mass is 10.1. The number of hydrogen-bond donors (Lipinski definition) is 1. The van der Waals surface area contributed by atoms with E-state index in [0.717, 1.165) is 21.8 Å². The first-order valence-electron chi connectivity index (χ1n) is 4.57. The number of nitrogens with two attached hydrogens (primary N) is 1. The van der Waals surface area contributed by atoms with Crippen molar-refractivity contribution in [2.75, 3.05) is 12.8 Å². The third-order valence-corrected chi connectivity index (χ3v) is 3.15. The summed E-state index contributed by atoms with van der Waals surface area (Å²) >= 11 is 1.49. The SMILES string of the molecule is COc1cccc(-c2cnc(N)s2)c1C. The Morgan fingerprint density at radius 1 is 1.40 bits per heavy atom. The second kappa shape index (κ2) is 3.90. The third-order valence-electron chi connectivity index (χ3n) is 2.29. The number of aromatic nitrogens is 1. The van der Waals surface area contributed by atoms with Gasteiger partial charge in [-0.3, -0.25) is 0 Å².